The summed E-state index contributed by atoms with van der Waals surface area (Å²) in [5, 5.41) is 24.5. The monoisotopic (exact) mass is 214 g/mol. The summed E-state index contributed by atoms with van der Waals surface area (Å²) in [5.74, 6) is 0. The number of hydrogen-bond donors (Lipinski definition) is 2. The molecule has 0 fully saturated rings. The van der Waals surface area contributed by atoms with Crippen molar-refractivity contribution < 1.29 is 5.21 Å². The molecule has 0 unspecified atom stereocenters. The Hall–Kier alpha value is -2.43. The van der Waals surface area contributed by atoms with Crippen LogP contribution in [-0.2, 0) is 0 Å². The van der Waals surface area contributed by atoms with Crippen LogP contribution in [0.25, 0.3) is 0 Å². The Labute approximate surface area is 91.9 Å². The van der Waals surface area contributed by atoms with Crippen molar-refractivity contribution in [1.29, 1.82) is 5.41 Å². The van der Waals surface area contributed by atoms with Crippen LogP contribution in [0.1, 0.15) is 0 Å². The number of aromatic nitrogens is 1. The molecule has 0 radical (unpaired) electrons. The van der Waals surface area contributed by atoms with Gasteiger partial charge >= 0.3 is 0 Å². The molecule has 0 spiro atoms. The second-order valence-corrected chi connectivity index (χ2v) is 3.15. The number of hydrogen-bond acceptors (Lipinski definition) is 4. The molecule has 2 N–H and O–H groups in total. The van der Waals surface area contributed by atoms with Crippen LogP contribution in [0, 0.1) is 5.41 Å². The summed E-state index contributed by atoms with van der Waals surface area (Å²) in [6.07, 6.45) is 8.12. The normalized spacial score (nSPS) is 15.6. The average Bonchev–Trinajstić information content (AvgIpc) is 2.30. The molecule has 0 atom stereocenters. The summed E-state index contributed by atoms with van der Waals surface area (Å²) in [5.41, 5.74) is 1.41. The van der Waals surface area contributed by atoms with E-state index in [-0.39, 0.29) is 0 Å². The molecule has 80 valence electrons. The highest BCUT2D eigenvalue weighted by atomic mass is 16.5. The first-order valence-electron chi connectivity index (χ1n) is 4.69. The molecule has 1 aromatic heterocycles. The van der Waals surface area contributed by atoms with Crippen LogP contribution in [0.4, 0.5) is 0 Å². The minimum absolute atomic E-state index is 0.345. The van der Waals surface area contributed by atoms with Crippen molar-refractivity contribution in [3.8, 4) is 0 Å². The molecule has 2 rings (SSSR count). The largest absolute Gasteiger partial charge is 0.427 e. The van der Waals surface area contributed by atoms with E-state index in [0.29, 0.717) is 16.9 Å². The Morgan fingerprint density at radius 1 is 1.06 bits per heavy atom. The van der Waals surface area contributed by atoms with Crippen LogP contribution in [0.5, 0.6) is 0 Å². The van der Waals surface area contributed by atoms with Gasteiger partial charge in [-0.3, -0.25) is 0 Å². The number of rotatable bonds is 1. The van der Waals surface area contributed by atoms with Crippen LogP contribution in [0.3, 0.4) is 0 Å². The first-order valence-corrected chi connectivity index (χ1v) is 4.69. The minimum Gasteiger partial charge on any atom is -0.427 e. The SMILES string of the molecule is N=C1C=CC(=N/N=c2\ccccn2O)C=C1. The van der Waals surface area contributed by atoms with E-state index in [1.54, 1.807) is 42.5 Å². The molecule has 0 bridgehead atoms. The molecule has 0 amide bonds. The van der Waals surface area contributed by atoms with E-state index in [1.165, 1.54) is 6.20 Å². The molecule has 1 aromatic rings. The zero-order valence-electron chi connectivity index (χ0n) is 8.41. The first-order chi connectivity index (χ1) is 7.75. The lowest BCUT2D eigenvalue weighted by Gasteiger charge is -1.97. The van der Waals surface area contributed by atoms with Crippen LogP contribution < -0.4 is 5.49 Å². The van der Waals surface area contributed by atoms with Gasteiger partial charge in [0.15, 0.2) is 5.49 Å². The number of pyridine rings is 1. The van der Waals surface area contributed by atoms with E-state index in [4.69, 9.17) is 5.41 Å². The smallest absolute Gasteiger partial charge is 0.189 e. The zero-order valence-corrected chi connectivity index (χ0v) is 8.41. The molecule has 16 heavy (non-hydrogen) atoms. The average molecular weight is 214 g/mol. The predicted octanol–water partition coefficient (Wildman–Crippen LogP) is 1.13. The van der Waals surface area contributed by atoms with Crippen molar-refractivity contribution in [2.45, 2.75) is 0 Å². The lowest BCUT2D eigenvalue weighted by atomic mass is 10.1. The second-order valence-electron chi connectivity index (χ2n) is 3.15. The summed E-state index contributed by atoms with van der Waals surface area (Å²) in [6.45, 7) is 0. The van der Waals surface area contributed by atoms with E-state index in [0.717, 1.165) is 4.73 Å². The third-order valence-electron chi connectivity index (χ3n) is 1.95. The number of allylic oxidation sites excluding steroid dienone is 4. The summed E-state index contributed by atoms with van der Waals surface area (Å²) in [6, 6.07) is 5.09. The van der Waals surface area contributed by atoms with Gasteiger partial charge in [0.1, 0.15) is 0 Å². The molecule has 1 aliphatic rings. The van der Waals surface area contributed by atoms with E-state index >= 15 is 0 Å². The molecule has 1 heterocycles. The van der Waals surface area contributed by atoms with Crippen LogP contribution in [0.15, 0.2) is 58.9 Å². The minimum atomic E-state index is 0.345. The quantitative estimate of drug-likeness (QED) is 0.410. The van der Waals surface area contributed by atoms with Gasteiger partial charge in [-0.1, -0.05) is 6.07 Å². The summed E-state index contributed by atoms with van der Waals surface area (Å²) in [7, 11) is 0. The third-order valence-corrected chi connectivity index (χ3v) is 1.95. The van der Waals surface area contributed by atoms with Gasteiger partial charge in [-0.15, -0.1) is 10.2 Å². The Bertz CT molecular complexity index is 545. The fraction of sp³-hybridized carbons (Fsp3) is 0. The van der Waals surface area contributed by atoms with Crippen molar-refractivity contribution >= 4 is 11.4 Å². The van der Waals surface area contributed by atoms with Crippen molar-refractivity contribution in [3.63, 3.8) is 0 Å². The van der Waals surface area contributed by atoms with E-state index in [1.807, 2.05) is 0 Å². The molecule has 0 aliphatic heterocycles. The van der Waals surface area contributed by atoms with Crippen LogP contribution >= 0.6 is 0 Å². The summed E-state index contributed by atoms with van der Waals surface area (Å²) < 4.78 is 0.891. The van der Waals surface area contributed by atoms with E-state index in [2.05, 4.69) is 10.2 Å². The number of nitrogens with zero attached hydrogens (tertiary/aromatic N) is 3. The Morgan fingerprint density at radius 2 is 1.81 bits per heavy atom. The van der Waals surface area contributed by atoms with Gasteiger partial charge in [0.2, 0.25) is 0 Å². The van der Waals surface area contributed by atoms with Gasteiger partial charge in [0.25, 0.3) is 0 Å². The van der Waals surface area contributed by atoms with Gasteiger partial charge in [0.05, 0.1) is 11.4 Å². The van der Waals surface area contributed by atoms with Crippen molar-refractivity contribution in [3.05, 3.63) is 54.2 Å². The van der Waals surface area contributed by atoms with Crippen molar-refractivity contribution in [1.82, 2.24) is 4.73 Å². The molecule has 0 saturated heterocycles. The predicted molar refractivity (Wildman–Crippen MR) is 60.6 cm³/mol. The highest BCUT2D eigenvalue weighted by Gasteiger charge is 1.95. The summed E-state index contributed by atoms with van der Waals surface area (Å²) >= 11 is 0. The van der Waals surface area contributed by atoms with Gasteiger partial charge < -0.3 is 10.6 Å². The molecular formula is C11H10N4O. The van der Waals surface area contributed by atoms with Gasteiger partial charge in [-0.2, -0.15) is 4.73 Å². The van der Waals surface area contributed by atoms with E-state index < -0.39 is 0 Å². The van der Waals surface area contributed by atoms with Crippen LogP contribution in [-0.4, -0.2) is 21.4 Å². The summed E-state index contributed by atoms with van der Waals surface area (Å²) in [4.78, 5) is 0. The molecular weight excluding hydrogens is 204 g/mol. The lowest BCUT2D eigenvalue weighted by molar-refractivity contribution is 0.171. The third kappa shape index (κ3) is 2.33. The zero-order chi connectivity index (χ0) is 11.4. The second kappa shape index (κ2) is 4.39. The van der Waals surface area contributed by atoms with Gasteiger partial charge in [-0.25, -0.2) is 0 Å². The standard InChI is InChI=1S/C11H10N4O/c12-9-4-6-10(7-5-9)13-14-11-3-1-2-8-15(11)16/h1-8,12,16H/b12-9?,13-10?,14-11+. The lowest BCUT2D eigenvalue weighted by Crippen LogP contribution is -2.16. The Balaban J connectivity index is 2.31. The number of nitrogens with one attached hydrogen (secondary N) is 1. The first kappa shape index (κ1) is 10.1. The van der Waals surface area contributed by atoms with Gasteiger partial charge in [0, 0.05) is 6.20 Å². The highest BCUT2D eigenvalue weighted by Crippen LogP contribution is 1.95. The molecule has 5 heteroatoms. The fourth-order valence-corrected chi connectivity index (χ4v) is 1.14. The van der Waals surface area contributed by atoms with E-state index in [9.17, 15) is 5.21 Å². The van der Waals surface area contributed by atoms with Gasteiger partial charge in [-0.05, 0) is 36.4 Å². The topological polar surface area (TPSA) is 73.7 Å². The maximum Gasteiger partial charge on any atom is 0.189 e. The Kier molecular flexibility index (Phi) is 2.77. The maximum atomic E-state index is 9.37. The molecule has 5 nitrogen and oxygen atoms in total. The van der Waals surface area contributed by atoms with Crippen molar-refractivity contribution in [2.75, 3.05) is 0 Å². The van der Waals surface area contributed by atoms with Crippen LogP contribution in [0.2, 0.25) is 0 Å². The molecule has 1 aliphatic carbocycles. The highest BCUT2D eigenvalue weighted by molar-refractivity contribution is 6.17. The maximum absolute atomic E-state index is 9.37. The molecule has 0 saturated carbocycles. The molecule has 0 aromatic carbocycles. The van der Waals surface area contributed by atoms with Crippen molar-refractivity contribution in [2.24, 2.45) is 10.2 Å². The fourth-order valence-electron chi connectivity index (χ4n) is 1.14. The Morgan fingerprint density at radius 3 is 2.50 bits per heavy atom.